The SMILES string of the molecule is O=C1NC[C@@H](CCC(=O)N2CCOCC2)N2C[C@@H](NCc3ccccn3)C[C@@H]12. The summed E-state index contributed by atoms with van der Waals surface area (Å²) in [6, 6.07) is 6.27. The van der Waals surface area contributed by atoms with Crippen molar-refractivity contribution in [3.05, 3.63) is 30.1 Å². The number of fused-ring (bicyclic) bond motifs is 1. The number of hydrogen-bond donors (Lipinski definition) is 2. The summed E-state index contributed by atoms with van der Waals surface area (Å²) in [4.78, 5) is 33.3. The highest BCUT2D eigenvalue weighted by Gasteiger charge is 2.43. The molecule has 3 aliphatic rings. The van der Waals surface area contributed by atoms with E-state index < -0.39 is 0 Å². The van der Waals surface area contributed by atoms with E-state index in [0.29, 0.717) is 45.8 Å². The summed E-state index contributed by atoms with van der Waals surface area (Å²) in [7, 11) is 0. The van der Waals surface area contributed by atoms with Gasteiger partial charge in [0.05, 0.1) is 24.9 Å². The fourth-order valence-corrected chi connectivity index (χ4v) is 4.40. The van der Waals surface area contributed by atoms with Crippen LogP contribution in [-0.2, 0) is 20.9 Å². The van der Waals surface area contributed by atoms with E-state index in [-0.39, 0.29) is 29.9 Å². The normalized spacial score (nSPS) is 28.1. The van der Waals surface area contributed by atoms with Gasteiger partial charge in [-0.15, -0.1) is 0 Å². The molecule has 0 aromatic carbocycles. The van der Waals surface area contributed by atoms with Crippen LogP contribution in [0.15, 0.2) is 24.4 Å². The van der Waals surface area contributed by atoms with Gasteiger partial charge in [-0.2, -0.15) is 0 Å². The molecule has 152 valence electrons. The number of carbonyl (C=O) groups excluding carboxylic acids is 2. The zero-order chi connectivity index (χ0) is 19.3. The fourth-order valence-electron chi connectivity index (χ4n) is 4.40. The minimum atomic E-state index is -0.0986. The van der Waals surface area contributed by atoms with E-state index >= 15 is 0 Å². The molecule has 4 heterocycles. The van der Waals surface area contributed by atoms with E-state index in [1.54, 1.807) is 6.20 Å². The second-order valence-electron chi connectivity index (χ2n) is 7.78. The number of amides is 2. The molecule has 0 aliphatic carbocycles. The van der Waals surface area contributed by atoms with Crippen LogP contribution in [0.25, 0.3) is 0 Å². The number of morpholine rings is 1. The second kappa shape index (κ2) is 8.98. The Hall–Kier alpha value is -2.03. The molecule has 3 fully saturated rings. The minimum Gasteiger partial charge on any atom is -0.378 e. The summed E-state index contributed by atoms with van der Waals surface area (Å²) in [6.45, 7) is 4.79. The van der Waals surface area contributed by atoms with Crippen molar-refractivity contribution in [2.75, 3.05) is 39.4 Å². The molecule has 0 unspecified atom stereocenters. The van der Waals surface area contributed by atoms with Crippen molar-refractivity contribution >= 4 is 11.8 Å². The van der Waals surface area contributed by atoms with Crippen molar-refractivity contribution in [1.82, 2.24) is 25.4 Å². The number of pyridine rings is 1. The van der Waals surface area contributed by atoms with Crippen LogP contribution in [-0.4, -0.2) is 84.1 Å². The Morgan fingerprint density at radius 3 is 2.96 bits per heavy atom. The average molecular weight is 387 g/mol. The van der Waals surface area contributed by atoms with Gasteiger partial charge < -0.3 is 20.3 Å². The number of rotatable bonds is 6. The van der Waals surface area contributed by atoms with E-state index in [2.05, 4.69) is 20.5 Å². The highest BCUT2D eigenvalue weighted by Crippen LogP contribution is 2.26. The maximum absolute atomic E-state index is 12.5. The monoisotopic (exact) mass is 387 g/mol. The maximum Gasteiger partial charge on any atom is 0.237 e. The van der Waals surface area contributed by atoms with Crippen LogP contribution in [0.4, 0.5) is 0 Å². The lowest BCUT2D eigenvalue weighted by Gasteiger charge is -2.37. The fraction of sp³-hybridized carbons (Fsp3) is 0.650. The van der Waals surface area contributed by atoms with E-state index in [0.717, 1.165) is 25.1 Å². The highest BCUT2D eigenvalue weighted by molar-refractivity contribution is 5.83. The molecule has 3 aliphatic heterocycles. The third-order valence-corrected chi connectivity index (χ3v) is 5.98. The number of ether oxygens (including phenoxy) is 1. The molecule has 0 radical (unpaired) electrons. The molecule has 28 heavy (non-hydrogen) atoms. The molecular weight excluding hydrogens is 358 g/mol. The van der Waals surface area contributed by atoms with Gasteiger partial charge in [-0.3, -0.25) is 19.5 Å². The molecule has 2 N–H and O–H groups in total. The van der Waals surface area contributed by atoms with Gasteiger partial charge in [0.2, 0.25) is 11.8 Å². The number of nitrogens with one attached hydrogen (secondary N) is 2. The quantitative estimate of drug-likeness (QED) is 0.700. The zero-order valence-corrected chi connectivity index (χ0v) is 16.2. The van der Waals surface area contributed by atoms with Gasteiger partial charge in [-0.1, -0.05) is 6.07 Å². The summed E-state index contributed by atoms with van der Waals surface area (Å²) >= 11 is 0. The molecule has 4 rings (SSSR count). The molecule has 0 bridgehead atoms. The third kappa shape index (κ3) is 4.51. The molecule has 0 saturated carbocycles. The van der Waals surface area contributed by atoms with E-state index in [4.69, 9.17) is 4.74 Å². The van der Waals surface area contributed by atoms with E-state index in [9.17, 15) is 9.59 Å². The zero-order valence-electron chi connectivity index (χ0n) is 16.2. The number of carbonyl (C=O) groups is 2. The maximum atomic E-state index is 12.5. The Morgan fingerprint density at radius 2 is 2.18 bits per heavy atom. The Kier molecular flexibility index (Phi) is 6.19. The van der Waals surface area contributed by atoms with E-state index in [1.165, 1.54) is 0 Å². The van der Waals surface area contributed by atoms with Gasteiger partial charge in [-0.05, 0) is 25.0 Å². The first-order valence-corrected chi connectivity index (χ1v) is 10.2. The lowest BCUT2D eigenvalue weighted by Crippen LogP contribution is -2.58. The number of hydrogen-bond acceptors (Lipinski definition) is 6. The highest BCUT2D eigenvalue weighted by atomic mass is 16.5. The van der Waals surface area contributed by atoms with Crippen LogP contribution in [0.1, 0.15) is 25.0 Å². The predicted octanol–water partition coefficient (Wildman–Crippen LogP) is -0.248. The molecule has 1 aromatic rings. The Labute approximate surface area is 165 Å². The van der Waals surface area contributed by atoms with Crippen LogP contribution in [0.5, 0.6) is 0 Å². The molecular formula is C20H29N5O3. The Bertz CT molecular complexity index is 680. The number of piperazine rings is 1. The van der Waals surface area contributed by atoms with Crippen LogP contribution in [0, 0.1) is 0 Å². The largest absolute Gasteiger partial charge is 0.378 e. The van der Waals surface area contributed by atoms with Crippen molar-refractivity contribution < 1.29 is 14.3 Å². The standard InChI is InChI=1S/C20H29N5O3/c26-19(24-7-9-28-10-8-24)5-4-17-13-23-20(27)18-11-16(14-25(17)18)22-12-15-3-1-2-6-21-15/h1-3,6,16-18,22H,4-5,7-14H2,(H,23,27)/t16-,17+,18-/m0/s1. The molecule has 8 heteroatoms. The number of nitrogens with zero attached hydrogens (tertiary/aromatic N) is 3. The van der Waals surface area contributed by atoms with Gasteiger partial charge in [0, 0.05) is 57.4 Å². The Morgan fingerprint density at radius 1 is 1.32 bits per heavy atom. The third-order valence-electron chi connectivity index (χ3n) is 5.98. The summed E-state index contributed by atoms with van der Waals surface area (Å²) < 4.78 is 5.32. The van der Waals surface area contributed by atoms with Gasteiger partial charge >= 0.3 is 0 Å². The van der Waals surface area contributed by atoms with Gasteiger partial charge in [0.15, 0.2) is 0 Å². The van der Waals surface area contributed by atoms with Crippen LogP contribution < -0.4 is 10.6 Å². The summed E-state index contributed by atoms with van der Waals surface area (Å²) in [5.74, 6) is 0.304. The van der Waals surface area contributed by atoms with Crippen molar-refractivity contribution in [1.29, 1.82) is 0 Å². The molecule has 8 nitrogen and oxygen atoms in total. The van der Waals surface area contributed by atoms with Crippen molar-refractivity contribution in [3.8, 4) is 0 Å². The second-order valence-corrected chi connectivity index (χ2v) is 7.78. The number of aromatic nitrogens is 1. The first-order chi connectivity index (χ1) is 13.7. The van der Waals surface area contributed by atoms with Crippen molar-refractivity contribution in [2.45, 2.75) is 43.9 Å². The van der Waals surface area contributed by atoms with Crippen molar-refractivity contribution in [2.24, 2.45) is 0 Å². The van der Waals surface area contributed by atoms with Gasteiger partial charge in [-0.25, -0.2) is 0 Å². The topological polar surface area (TPSA) is 86.8 Å². The molecule has 2 amide bonds. The smallest absolute Gasteiger partial charge is 0.237 e. The Balaban J connectivity index is 1.29. The van der Waals surface area contributed by atoms with Crippen molar-refractivity contribution in [3.63, 3.8) is 0 Å². The van der Waals surface area contributed by atoms with Gasteiger partial charge in [0.1, 0.15) is 0 Å². The first kappa shape index (κ1) is 19.3. The van der Waals surface area contributed by atoms with Gasteiger partial charge in [0.25, 0.3) is 0 Å². The predicted molar refractivity (Wildman–Crippen MR) is 103 cm³/mol. The van der Waals surface area contributed by atoms with Crippen LogP contribution >= 0.6 is 0 Å². The lowest BCUT2D eigenvalue weighted by atomic mass is 10.0. The molecule has 3 atom stereocenters. The van der Waals surface area contributed by atoms with Crippen LogP contribution in [0.2, 0.25) is 0 Å². The first-order valence-electron chi connectivity index (χ1n) is 10.2. The van der Waals surface area contributed by atoms with E-state index in [1.807, 2.05) is 23.1 Å². The lowest BCUT2D eigenvalue weighted by molar-refractivity contribution is -0.136. The molecule has 3 saturated heterocycles. The van der Waals surface area contributed by atoms with Crippen LogP contribution in [0.3, 0.4) is 0 Å². The minimum absolute atomic E-state index is 0.0986. The summed E-state index contributed by atoms with van der Waals surface area (Å²) in [5, 5.41) is 6.57. The molecule has 1 aromatic heterocycles. The molecule has 0 spiro atoms. The summed E-state index contributed by atoms with van der Waals surface area (Å²) in [5.41, 5.74) is 1.00. The average Bonchev–Trinajstić information content (AvgIpc) is 3.18. The summed E-state index contributed by atoms with van der Waals surface area (Å²) in [6.07, 6.45) is 3.90.